The van der Waals surface area contributed by atoms with Crippen LogP contribution < -0.4 is 5.32 Å². The van der Waals surface area contributed by atoms with Crippen LogP contribution >= 0.6 is 0 Å². The molecule has 1 aromatic carbocycles. The summed E-state index contributed by atoms with van der Waals surface area (Å²) in [6.07, 6.45) is 7.39. The second-order valence-corrected chi connectivity index (χ2v) is 9.59. The number of nitrogens with one attached hydrogen (secondary N) is 1. The lowest BCUT2D eigenvalue weighted by Gasteiger charge is -2.36. The van der Waals surface area contributed by atoms with Gasteiger partial charge in [0.25, 0.3) is 5.91 Å². The van der Waals surface area contributed by atoms with Crippen LogP contribution in [0.2, 0.25) is 0 Å². The molecular weight excluding hydrogens is 398 g/mol. The zero-order valence-electron chi connectivity index (χ0n) is 17.8. The van der Waals surface area contributed by atoms with Crippen molar-refractivity contribution in [1.29, 1.82) is 0 Å². The molecule has 5 fully saturated rings. The van der Waals surface area contributed by atoms with Crippen LogP contribution in [0.15, 0.2) is 30.3 Å². The highest BCUT2D eigenvalue weighted by Crippen LogP contribution is 2.51. The van der Waals surface area contributed by atoms with Crippen molar-refractivity contribution in [2.75, 3.05) is 5.32 Å². The first kappa shape index (κ1) is 20.1. The fraction of sp³-hybridized carbons (Fsp3) is 0.708. The number of benzene rings is 1. The molecule has 0 unspecified atom stereocenters. The fourth-order valence-corrected chi connectivity index (χ4v) is 5.90. The molecular formula is C24H31NO6. The first-order chi connectivity index (χ1) is 15.2. The predicted octanol–water partition coefficient (Wildman–Crippen LogP) is 3.87. The Bertz CT molecular complexity index is 804. The molecule has 3 saturated heterocycles. The van der Waals surface area contributed by atoms with Gasteiger partial charge in [-0.05, 0) is 37.8 Å². The number of hydrogen-bond acceptors (Lipinski definition) is 6. The van der Waals surface area contributed by atoms with Crippen molar-refractivity contribution in [2.45, 2.75) is 106 Å². The van der Waals surface area contributed by atoms with Gasteiger partial charge < -0.3 is 29.0 Å². The molecule has 2 saturated carbocycles. The molecule has 7 heteroatoms. The highest BCUT2D eigenvalue weighted by molar-refractivity contribution is 5.94. The number of carbonyl (C=O) groups excluding carboxylic acids is 1. The molecule has 5 atom stereocenters. The highest BCUT2D eigenvalue weighted by atomic mass is 16.9. The number of rotatable bonds is 2. The van der Waals surface area contributed by atoms with E-state index in [-0.39, 0.29) is 18.1 Å². The maximum absolute atomic E-state index is 13.3. The van der Waals surface area contributed by atoms with Crippen molar-refractivity contribution >= 4 is 11.6 Å². The Hall–Kier alpha value is -1.51. The van der Waals surface area contributed by atoms with Crippen LogP contribution in [0.1, 0.15) is 64.2 Å². The first-order valence-electron chi connectivity index (χ1n) is 11.9. The second-order valence-electron chi connectivity index (χ2n) is 9.59. The molecule has 2 aliphatic carbocycles. The van der Waals surface area contributed by atoms with Gasteiger partial charge in [-0.3, -0.25) is 4.79 Å². The summed E-state index contributed by atoms with van der Waals surface area (Å²) >= 11 is 0. The summed E-state index contributed by atoms with van der Waals surface area (Å²) in [5.74, 6) is -1.48. The Kier molecular flexibility index (Phi) is 5.07. The van der Waals surface area contributed by atoms with Gasteiger partial charge >= 0.3 is 0 Å². The van der Waals surface area contributed by atoms with Gasteiger partial charge in [-0.2, -0.15) is 0 Å². The number of amides is 1. The van der Waals surface area contributed by atoms with Gasteiger partial charge in [0.05, 0.1) is 0 Å². The minimum Gasteiger partial charge on any atom is -0.341 e. The highest BCUT2D eigenvalue weighted by Gasteiger charge is 2.65. The van der Waals surface area contributed by atoms with Crippen LogP contribution in [0, 0.1) is 0 Å². The van der Waals surface area contributed by atoms with Crippen LogP contribution in [0.5, 0.6) is 0 Å². The maximum Gasteiger partial charge on any atom is 0.256 e. The molecule has 1 N–H and O–H groups in total. The number of hydrogen-bond donors (Lipinski definition) is 1. The van der Waals surface area contributed by atoms with E-state index in [2.05, 4.69) is 5.32 Å². The summed E-state index contributed by atoms with van der Waals surface area (Å²) in [5, 5.41) is 2.97. The maximum atomic E-state index is 13.3. The van der Waals surface area contributed by atoms with Crippen LogP contribution in [0.3, 0.4) is 0 Å². The average Bonchev–Trinajstić information content (AvgIpc) is 3.33. The lowest BCUT2D eigenvalue weighted by molar-refractivity contribution is -0.246. The molecule has 1 amide bonds. The van der Waals surface area contributed by atoms with Gasteiger partial charge in [0.15, 0.2) is 24.0 Å². The summed E-state index contributed by atoms with van der Waals surface area (Å²) in [6, 6.07) is 9.43. The standard InChI is InChI=1S/C24H31NO6/c26-21(25-16-10-4-1-5-11-16)19-17-18(29-23(28-17)12-6-2-7-13-23)20-22(27-19)31-24(30-20)14-8-3-9-15-24/h1,4-5,10-11,17-20,22H,2-3,6-9,12-15H2,(H,25,26)/t17-,18+,19-,20-,22+/m1/s1. The van der Waals surface area contributed by atoms with Crippen LogP contribution in [-0.4, -0.2) is 48.2 Å². The average molecular weight is 430 g/mol. The summed E-state index contributed by atoms with van der Waals surface area (Å²) in [7, 11) is 0. The van der Waals surface area contributed by atoms with Crippen molar-refractivity contribution in [2.24, 2.45) is 0 Å². The molecule has 0 radical (unpaired) electrons. The third-order valence-electron chi connectivity index (χ3n) is 7.41. The van der Waals surface area contributed by atoms with E-state index in [1.165, 1.54) is 12.8 Å². The van der Waals surface area contributed by atoms with Crippen LogP contribution in [0.25, 0.3) is 0 Å². The molecule has 168 valence electrons. The predicted molar refractivity (Wildman–Crippen MR) is 111 cm³/mol. The van der Waals surface area contributed by atoms with Gasteiger partial charge in [-0.1, -0.05) is 31.0 Å². The molecule has 3 heterocycles. The minimum atomic E-state index is -0.810. The zero-order valence-corrected chi connectivity index (χ0v) is 17.8. The summed E-state index contributed by atoms with van der Waals surface area (Å²) in [5.41, 5.74) is 0.730. The van der Waals surface area contributed by atoms with Gasteiger partial charge in [-0.15, -0.1) is 0 Å². The molecule has 1 aromatic rings. The van der Waals surface area contributed by atoms with Crippen molar-refractivity contribution in [1.82, 2.24) is 0 Å². The molecule has 0 bridgehead atoms. The van der Waals surface area contributed by atoms with Crippen molar-refractivity contribution in [3.05, 3.63) is 30.3 Å². The molecule has 7 nitrogen and oxygen atoms in total. The Morgan fingerprint density at radius 3 is 2.00 bits per heavy atom. The normalized spacial score (nSPS) is 38.0. The van der Waals surface area contributed by atoms with Crippen LogP contribution in [-0.2, 0) is 28.5 Å². The quantitative estimate of drug-likeness (QED) is 0.769. The summed E-state index contributed by atoms with van der Waals surface area (Å²) < 4.78 is 32.2. The summed E-state index contributed by atoms with van der Waals surface area (Å²) in [4.78, 5) is 13.3. The van der Waals surface area contributed by atoms with E-state index in [1.54, 1.807) is 0 Å². The molecule has 31 heavy (non-hydrogen) atoms. The number of fused-ring (bicyclic) bond motifs is 3. The zero-order chi connectivity index (χ0) is 20.9. The second kappa shape index (κ2) is 7.81. The number of anilines is 1. The van der Waals surface area contributed by atoms with Gasteiger partial charge in [0.1, 0.15) is 18.3 Å². The number of carbonyl (C=O) groups is 1. The smallest absolute Gasteiger partial charge is 0.256 e. The largest absolute Gasteiger partial charge is 0.341 e. The number of para-hydroxylation sites is 1. The Morgan fingerprint density at radius 1 is 0.742 bits per heavy atom. The molecule has 6 rings (SSSR count). The van der Waals surface area contributed by atoms with Crippen molar-refractivity contribution in [3.8, 4) is 0 Å². The first-order valence-corrected chi connectivity index (χ1v) is 11.9. The minimum absolute atomic E-state index is 0.232. The van der Waals surface area contributed by atoms with E-state index < -0.39 is 30.1 Å². The lowest BCUT2D eigenvalue weighted by Crippen LogP contribution is -2.58. The van der Waals surface area contributed by atoms with E-state index in [1.807, 2.05) is 30.3 Å². The molecule has 0 aromatic heterocycles. The Morgan fingerprint density at radius 2 is 1.32 bits per heavy atom. The Balaban J connectivity index is 1.28. The third kappa shape index (κ3) is 3.60. The molecule has 3 aliphatic heterocycles. The monoisotopic (exact) mass is 429 g/mol. The molecule has 2 spiro atoms. The van der Waals surface area contributed by atoms with E-state index in [9.17, 15) is 4.79 Å². The third-order valence-corrected chi connectivity index (χ3v) is 7.41. The van der Waals surface area contributed by atoms with Crippen molar-refractivity contribution < 1.29 is 28.5 Å². The number of ether oxygens (including phenoxy) is 5. The fourth-order valence-electron chi connectivity index (χ4n) is 5.90. The van der Waals surface area contributed by atoms with E-state index in [4.69, 9.17) is 23.7 Å². The SMILES string of the molecule is O=C(Nc1ccccc1)[C@@H]1O[C@H]2OC3(CCCCC3)O[C@@H]2[C@H]2OC3(CCCCC3)O[C@H]21. The van der Waals surface area contributed by atoms with E-state index >= 15 is 0 Å². The van der Waals surface area contributed by atoms with Gasteiger partial charge in [0, 0.05) is 31.4 Å². The topological polar surface area (TPSA) is 75.3 Å². The van der Waals surface area contributed by atoms with E-state index in [0.717, 1.165) is 57.1 Å². The van der Waals surface area contributed by atoms with E-state index in [0.29, 0.717) is 0 Å². The van der Waals surface area contributed by atoms with Crippen LogP contribution in [0.4, 0.5) is 5.69 Å². The van der Waals surface area contributed by atoms with Gasteiger partial charge in [-0.25, -0.2) is 0 Å². The van der Waals surface area contributed by atoms with Crippen molar-refractivity contribution in [3.63, 3.8) is 0 Å². The van der Waals surface area contributed by atoms with Gasteiger partial charge in [0.2, 0.25) is 0 Å². The molecule has 5 aliphatic rings. The lowest BCUT2D eigenvalue weighted by atomic mass is 9.94. The Labute approximate surface area is 182 Å². The summed E-state index contributed by atoms with van der Waals surface area (Å²) in [6.45, 7) is 0.